The number of H-pyrrole nitrogens is 1. The Balaban J connectivity index is 0.000000490. The van der Waals surface area contributed by atoms with E-state index >= 15 is 0 Å². The van der Waals surface area contributed by atoms with Gasteiger partial charge in [0.25, 0.3) is 0 Å². The molecule has 3 nitrogen and oxygen atoms in total. The van der Waals surface area contributed by atoms with Crippen molar-refractivity contribution in [2.75, 3.05) is 0 Å². The number of aromatic amines is 1. The van der Waals surface area contributed by atoms with E-state index in [4.69, 9.17) is 0 Å². The molecule has 0 aromatic carbocycles. The van der Waals surface area contributed by atoms with E-state index in [1.807, 2.05) is 13.8 Å². The molecule has 0 aliphatic heterocycles. The van der Waals surface area contributed by atoms with Crippen molar-refractivity contribution in [1.29, 1.82) is 0 Å². The zero-order chi connectivity index (χ0) is 5.28. The smallest absolute Gasteiger partial charge is 0.147 e. The van der Waals surface area contributed by atoms with Gasteiger partial charge in [0.05, 0.1) is 0 Å². The van der Waals surface area contributed by atoms with Crippen molar-refractivity contribution >= 4 is 0 Å². The maximum atomic E-state index is 3.94. The second-order valence-electron chi connectivity index (χ2n) is 1.47. The van der Waals surface area contributed by atoms with E-state index in [1.165, 1.54) is 0 Å². The first-order valence-corrected chi connectivity index (χ1v) is 2.14. The number of hydrogen-bond donors (Lipinski definition) is 1. The van der Waals surface area contributed by atoms with Crippen molar-refractivity contribution < 1.29 is 21.7 Å². The molecule has 0 unspecified atom stereocenters. The van der Waals surface area contributed by atoms with Crippen LogP contribution in [0.3, 0.4) is 0 Å². The van der Waals surface area contributed by atoms with Crippen LogP contribution in [0.4, 0.5) is 0 Å². The van der Waals surface area contributed by atoms with Crippen LogP contribution in [-0.4, -0.2) is 15.2 Å². The first-order valence-electron chi connectivity index (χ1n) is 2.14. The van der Waals surface area contributed by atoms with Crippen LogP contribution < -0.4 is 0 Å². The summed E-state index contributed by atoms with van der Waals surface area (Å²) in [6.45, 7) is 3.73. The Hall–Kier alpha value is -0.146. The third-order valence-electron chi connectivity index (χ3n) is 0.709. The van der Waals surface area contributed by atoms with Crippen LogP contribution >= 0.6 is 0 Å². The summed E-state index contributed by atoms with van der Waals surface area (Å²) in [6.07, 6.45) is 0. The van der Waals surface area contributed by atoms with Gasteiger partial charge in [-0.2, -0.15) is 5.10 Å². The first kappa shape index (κ1) is 7.85. The molecular formula is C4H7N3Ti. The molecule has 0 saturated carbocycles. The molecule has 8 heavy (non-hydrogen) atoms. The van der Waals surface area contributed by atoms with Crippen molar-refractivity contribution in [2.24, 2.45) is 0 Å². The van der Waals surface area contributed by atoms with Crippen molar-refractivity contribution in [3.05, 3.63) is 11.6 Å². The van der Waals surface area contributed by atoms with Gasteiger partial charge < -0.3 is 0 Å². The monoisotopic (exact) mass is 145 g/mol. The molecule has 1 N–H and O–H groups in total. The van der Waals surface area contributed by atoms with Crippen LogP contribution in [0.25, 0.3) is 0 Å². The summed E-state index contributed by atoms with van der Waals surface area (Å²) < 4.78 is 0. The molecule has 4 heteroatoms. The molecule has 1 aromatic heterocycles. The summed E-state index contributed by atoms with van der Waals surface area (Å²) in [6, 6.07) is 0. The number of aryl methyl sites for hydroxylation is 2. The third kappa shape index (κ3) is 1.76. The Morgan fingerprint density at radius 3 is 2.12 bits per heavy atom. The second kappa shape index (κ2) is 3.00. The van der Waals surface area contributed by atoms with Crippen molar-refractivity contribution in [3.63, 3.8) is 0 Å². The largest absolute Gasteiger partial charge is 0.263 e. The maximum absolute atomic E-state index is 3.94. The van der Waals surface area contributed by atoms with Gasteiger partial charge in [0.15, 0.2) is 0 Å². The molecule has 1 rings (SSSR count). The fourth-order valence-corrected chi connectivity index (χ4v) is 0.455. The van der Waals surface area contributed by atoms with Gasteiger partial charge in [-0.1, -0.05) is 0 Å². The van der Waals surface area contributed by atoms with E-state index in [1.54, 1.807) is 0 Å². The van der Waals surface area contributed by atoms with Gasteiger partial charge in [-0.05, 0) is 13.8 Å². The van der Waals surface area contributed by atoms with Gasteiger partial charge in [-0.15, -0.1) is 0 Å². The molecule has 0 saturated heterocycles. The summed E-state index contributed by atoms with van der Waals surface area (Å²) in [7, 11) is 0. The molecule has 0 bridgehead atoms. The van der Waals surface area contributed by atoms with Crippen LogP contribution in [0.1, 0.15) is 11.6 Å². The molecule has 0 amide bonds. The summed E-state index contributed by atoms with van der Waals surface area (Å²) in [4.78, 5) is 3.94. The zero-order valence-electron chi connectivity index (χ0n) is 4.89. The standard InChI is InChI=1S/C4H7N3.Ti/c1-3-5-4(2)7-6-3;/h1-2H3,(H,5,6,7);. The van der Waals surface area contributed by atoms with Gasteiger partial charge in [0.1, 0.15) is 11.6 Å². The number of hydrogen-bond acceptors (Lipinski definition) is 2. The molecule has 0 spiro atoms. The van der Waals surface area contributed by atoms with Crippen LogP contribution in [-0.2, 0) is 21.7 Å². The predicted octanol–water partition coefficient (Wildman–Crippen LogP) is 0.419. The first-order chi connectivity index (χ1) is 3.29. The van der Waals surface area contributed by atoms with Crippen molar-refractivity contribution in [3.8, 4) is 0 Å². The third-order valence-corrected chi connectivity index (χ3v) is 0.709. The normalized spacial score (nSPS) is 8.25. The molecule has 0 aliphatic rings. The van der Waals surface area contributed by atoms with Gasteiger partial charge >= 0.3 is 0 Å². The van der Waals surface area contributed by atoms with Crippen LogP contribution in [0.5, 0.6) is 0 Å². The molecule has 1 aromatic rings. The summed E-state index contributed by atoms with van der Waals surface area (Å²) >= 11 is 0. The Morgan fingerprint density at radius 1 is 1.38 bits per heavy atom. The number of rotatable bonds is 0. The number of nitrogens with one attached hydrogen (secondary N) is 1. The minimum Gasteiger partial charge on any atom is -0.263 e. The quantitative estimate of drug-likeness (QED) is 0.537. The Labute approximate surface area is 62.8 Å². The topological polar surface area (TPSA) is 41.6 Å². The molecule has 42 valence electrons. The maximum Gasteiger partial charge on any atom is 0.147 e. The Bertz CT molecular complexity index is 144. The van der Waals surface area contributed by atoms with Crippen LogP contribution in [0.2, 0.25) is 0 Å². The van der Waals surface area contributed by atoms with E-state index in [0.29, 0.717) is 0 Å². The van der Waals surface area contributed by atoms with E-state index in [-0.39, 0.29) is 21.7 Å². The van der Waals surface area contributed by atoms with E-state index < -0.39 is 0 Å². The Kier molecular flexibility index (Phi) is 2.94. The average molecular weight is 145 g/mol. The predicted molar refractivity (Wildman–Crippen MR) is 25.9 cm³/mol. The van der Waals surface area contributed by atoms with Gasteiger partial charge in [-0.3, -0.25) is 5.10 Å². The summed E-state index contributed by atoms with van der Waals surface area (Å²) in [5.74, 6) is 1.68. The molecule has 0 radical (unpaired) electrons. The zero-order valence-corrected chi connectivity index (χ0v) is 6.46. The summed E-state index contributed by atoms with van der Waals surface area (Å²) in [5.41, 5.74) is 0. The molecular weight excluding hydrogens is 138 g/mol. The van der Waals surface area contributed by atoms with E-state index in [9.17, 15) is 0 Å². The second-order valence-corrected chi connectivity index (χ2v) is 1.47. The van der Waals surface area contributed by atoms with Crippen LogP contribution in [0, 0.1) is 13.8 Å². The van der Waals surface area contributed by atoms with Crippen LogP contribution in [0.15, 0.2) is 0 Å². The van der Waals surface area contributed by atoms with Gasteiger partial charge in [0, 0.05) is 21.7 Å². The molecule has 0 fully saturated rings. The summed E-state index contributed by atoms with van der Waals surface area (Å²) in [5, 5.41) is 6.49. The minimum absolute atomic E-state index is 0. The SMILES string of the molecule is Cc1n[nH]c(C)n1.[Ti]. The molecule has 0 atom stereocenters. The van der Waals surface area contributed by atoms with Gasteiger partial charge in [0.2, 0.25) is 0 Å². The van der Waals surface area contributed by atoms with Crippen molar-refractivity contribution in [2.45, 2.75) is 13.8 Å². The van der Waals surface area contributed by atoms with Crippen molar-refractivity contribution in [1.82, 2.24) is 15.2 Å². The fourth-order valence-electron chi connectivity index (χ4n) is 0.455. The molecule has 0 aliphatic carbocycles. The Morgan fingerprint density at radius 2 is 2.00 bits per heavy atom. The number of aromatic nitrogens is 3. The minimum atomic E-state index is 0. The number of nitrogens with zero attached hydrogens (tertiary/aromatic N) is 2. The average Bonchev–Trinajstić information content (AvgIpc) is 1.87. The molecule has 1 heterocycles. The fraction of sp³-hybridized carbons (Fsp3) is 0.500. The van der Waals surface area contributed by atoms with E-state index in [0.717, 1.165) is 11.6 Å². The van der Waals surface area contributed by atoms with E-state index in [2.05, 4.69) is 15.2 Å². The van der Waals surface area contributed by atoms with Gasteiger partial charge in [-0.25, -0.2) is 4.98 Å².